The number of benzene rings is 4. The molecule has 0 saturated heterocycles. The van der Waals surface area contributed by atoms with Crippen LogP contribution in [0, 0.1) is 0 Å². The third-order valence-corrected chi connectivity index (χ3v) is 4.79. The number of fused-ring (bicyclic) bond motifs is 3. The Morgan fingerprint density at radius 3 is 2.24 bits per heavy atom. The lowest BCUT2D eigenvalue weighted by Gasteiger charge is -2.13. The van der Waals surface area contributed by atoms with E-state index in [2.05, 4.69) is 88.3 Å². The summed E-state index contributed by atoms with van der Waals surface area (Å²) in [6.45, 7) is 0.779. The molecule has 0 radical (unpaired) electrons. The number of H-pyrrole nitrogens is 1. The van der Waals surface area contributed by atoms with E-state index in [1.165, 1.54) is 27.1 Å². The number of hydrogen-bond donors (Lipinski definition) is 2. The SMILES string of the molecule is c1ccc2c(CNc3ccc4cn[nH]c4c3)c3ccccc3cc2c1. The molecular weight excluding hydrogens is 306 g/mol. The Balaban J connectivity index is 1.60. The van der Waals surface area contributed by atoms with Crippen molar-refractivity contribution in [2.75, 3.05) is 5.32 Å². The molecule has 0 aliphatic rings. The van der Waals surface area contributed by atoms with E-state index >= 15 is 0 Å². The standard InChI is InChI=1S/C22H17N3/c1-3-7-19-15(5-1)11-16-6-2-4-8-20(16)21(19)14-23-18-10-9-17-13-24-25-22(17)12-18/h1-13,23H,14H2,(H,24,25). The first-order chi connectivity index (χ1) is 12.4. The van der Waals surface area contributed by atoms with Crippen molar-refractivity contribution in [2.45, 2.75) is 6.54 Å². The summed E-state index contributed by atoms with van der Waals surface area (Å²) >= 11 is 0. The zero-order chi connectivity index (χ0) is 16.6. The van der Waals surface area contributed by atoms with Crippen molar-refractivity contribution >= 4 is 38.1 Å². The fourth-order valence-corrected chi connectivity index (χ4v) is 3.54. The van der Waals surface area contributed by atoms with Gasteiger partial charge in [-0.25, -0.2) is 0 Å². The van der Waals surface area contributed by atoms with Gasteiger partial charge in [-0.3, -0.25) is 5.10 Å². The fraction of sp³-hybridized carbons (Fsp3) is 0.0455. The van der Waals surface area contributed by atoms with E-state index in [1.807, 2.05) is 6.20 Å². The van der Waals surface area contributed by atoms with Gasteiger partial charge in [0.15, 0.2) is 0 Å². The molecule has 0 fully saturated rings. The lowest BCUT2D eigenvalue weighted by atomic mass is 9.96. The Kier molecular flexibility index (Phi) is 3.17. The van der Waals surface area contributed by atoms with E-state index in [0.29, 0.717) is 0 Å². The van der Waals surface area contributed by atoms with E-state index in [9.17, 15) is 0 Å². The van der Waals surface area contributed by atoms with E-state index < -0.39 is 0 Å². The maximum absolute atomic E-state index is 4.09. The summed E-state index contributed by atoms with van der Waals surface area (Å²) in [6, 6.07) is 25.8. The molecule has 3 nitrogen and oxygen atoms in total. The Morgan fingerprint density at radius 1 is 0.760 bits per heavy atom. The van der Waals surface area contributed by atoms with Crippen LogP contribution in [0.3, 0.4) is 0 Å². The molecule has 3 heteroatoms. The van der Waals surface area contributed by atoms with Gasteiger partial charge in [-0.15, -0.1) is 0 Å². The molecule has 5 aromatic rings. The number of aromatic nitrogens is 2. The first-order valence-electron chi connectivity index (χ1n) is 8.45. The summed E-state index contributed by atoms with van der Waals surface area (Å²) in [5, 5.41) is 17.0. The first-order valence-corrected chi connectivity index (χ1v) is 8.45. The predicted octanol–water partition coefficient (Wildman–Crippen LogP) is 5.48. The summed E-state index contributed by atoms with van der Waals surface area (Å²) in [5.74, 6) is 0. The quantitative estimate of drug-likeness (QED) is 0.432. The van der Waals surface area contributed by atoms with Crippen LogP contribution >= 0.6 is 0 Å². The van der Waals surface area contributed by atoms with E-state index in [0.717, 1.165) is 23.1 Å². The smallest absolute Gasteiger partial charge is 0.0670 e. The van der Waals surface area contributed by atoms with Gasteiger partial charge in [0.1, 0.15) is 0 Å². The van der Waals surface area contributed by atoms with Crippen LogP contribution in [0.2, 0.25) is 0 Å². The number of nitrogens with one attached hydrogen (secondary N) is 2. The van der Waals surface area contributed by atoms with Crippen LogP contribution in [0.15, 0.2) is 79.0 Å². The molecule has 0 aliphatic carbocycles. The number of hydrogen-bond acceptors (Lipinski definition) is 2. The van der Waals surface area contributed by atoms with Crippen LogP contribution in [-0.2, 0) is 6.54 Å². The van der Waals surface area contributed by atoms with E-state index in [-0.39, 0.29) is 0 Å². The third kappa shape index (κ3) is 2.41. The molecule has 1 heterocycles. The average Bonchev–Trinajstić information content (AvgIpc) is 3.13. The summed E-state index contributed by atoms with van der Waals surface area (Å²) in [5.41, 5.74) is 3.47. The van der Waals surface area contributed by atoms with Crippen molar-refractivity contribution in [1.29, 1.82) is 0 Å². The minimum atomic E-state index is 0.779. The van der Waals surface area contributed by atoms with Gasteiger partial charge in [-0.2, -0.15) is 5.10 Å². The molecular formula is C22H17N3. The molecule has 5 rings (SSSR count). The van der Waals surface area contributed by atoms with Gasteiger partial charge < -0.3 is 5.32 Å². The molecule has 0 bridgehead atoms. The van der Waals surface area contributed by atoms with Crippen LogP contribution < -0.4 is 5.32 Å². The van der Waals surface area contributed by atoms with Crippen LogP contribution in [0.1, 0.15) is 5.56 Å². The Labute approximate surface area is 145 Å². The minimum Gasteiger partial charge on any atom is -0.381 e. The first kappa shape index (κ1) is 14.1. The van der Waals surface area contributed by atoms with Crippen LogP contribution in [0.5, 0.6) is 0 Å². The molecule has 1 aromatic heterocycles. The second-order valence-corrected chi connectivity index (χ2v) is 6.32. The largest absolute Gasteiger partial charge is 0.381 e. The van der Waals surface area contributed by atoms with Gasteiger partial charge in [-0.1, -0.05) is 48.5 Å². The summed E-state index contributed by atoms with van der Waals surface area (Å²) in [6.07, 6.45) is 1.84. The van der Waals surface area contributed by atoms with E-state index in [1.54, 1.807) is 0 Å². The lowest BCUT2D eigenvalue weighted by molar-refractivity contribution is 1.12. The van der Waals surface area contributed by atoms with E-state index in [4.69, 9.17) is 0 Å². The predicted molar refractivity (Wildman–Crippen MR) is 105 cm³/mol. The lowest BCUT2D eigenvalue weighted by Crippen LogP contribution is -2.01. The van der Waals surface area contributed by atoms with Gasteiger partial charge in [0, 0.05) is 17.6 Å². The van der Waals surface area contributed by atoms with Crippen LogP contribution in [0.4, 0.5) is 5.69 Å². The van der Waals surface area contributed by atoms with Crippen molar-refractivity contribution in [3.05, 3.63) is 84.6 Å². The normalized spacial score (nSPS) is 11.4. The average molecular weight is 323 g/mol. The van der Waals surface area contributed by atoms with Crippen molar-refractivity contribution < 1.29 is 0 Å². The number of nitrogens with zero attached hydrogens (tertiary/aromatic N) is 1. The van der Waals surface area contributed by atoms with Crippen molar-refractivity contribution in [3.8, 4) is 0 Å². The van der Waals surface area contributed by atoms with Gasteiger partial charge in [0.2, 0.25) is 0 Å². The molecule has 0 atom stereocenters. The van der Waals surface area contributed by atoms with Crippen molar-refractivity contribution in [3.63, 3.8) is 0 Å². The zero-order valence-electron chi connectivity index (χ0n) is 13.7. The number of aromatic amines is 1. The van der Waals surface area contributed by atoms with Gasteiger partial charge in [0.25, 0.3) is 0 Å². The number of rotatable bonds is 3. The molecule has 0 unspecified atom stereocenters. The van der Waals surface area contributed by atoms with Crippen molar-refractivity contribution in [1.82, 2.24) is 10.2 Å². The molecule has 4 aromatic carbocycles. The highest BCUT2D eigenvalue weighted by Gasteiger charge is 2.07. The number of anilines is 1. The Morgan fingerprint density at radius 2 is 1.48 bits per heavy atom. The fourth-order valence-electron chi connectivity index (χ4n) is 3.54. The van der Waals surface area contributed by atoms with Gasteiger partial charge in [0.05, 0.1) is 11.7 Å². The Hall–Kier alpha value is -3.33. The topological polar surface area (TPSA) is 40.7 Å². The second-order valence-electron chi connectivity index (χ2n) is 6.32. The van der Waals surface area contributed by atoms with Gasteiger partial charge >= 0.3 is 0 Å². The van der Waals surface area contributed by atoms with Gasteiger partial charge in [-0.05, 0) is 51.4 Å². The molecule has 120 valence electrons. The molecule has 0 amide bonds. The molecule has 0 spiro atoms. The van der Waals surface area contributed by atoms with Crippen LogP contribution in [-0.4, -0.2) is 10.2 Å². The molecule has 2 N–H and O–H groups in total. The summed E-state index contributed by atoms with van der Waals surface area (Å²) < 4.78 is 0. The highest BCUT2D eigenvalue weighted by molar-refractivity contribution is 6.02. The highest BCUT2D eigenvalue weighted by Crippen LogP contribution is 2.29. The Bertz CT molecular complexity index is 1150. The monoisotopic (exact) mass is 323 g/mol. The highest BCUT2D eigenvalue weighted by atomic mass is 15.1. The zero-order valence-corrected chi connectivity index (χ0v) is 13.7. The molecule has 0 aliphatic heterocycles. The minimum absolute atomic E-state index is 0.779. The van der Waals surface area contributed by atoms with Crippen molar-refractivity contribution in [2.24, 2.45) is 0 Å². The maximum atomic E-state index is 4.09. The summed E-state index contributed by atoms with van der Waals surface area (Å²) in [4.78, 5) is 0. The maximum Gasteiger partial charge on any atom is 0.0670 e. The second kappa shape index (κ2) is 5.64. The van der Waals surface area contributed by atoms with Crippen LogP contribution in [0.25, 0.3) is 32.4 Å². The third-order valence-electron chi connectivity index (χ3n) is 4.79. The molecule has 0 saturated carbocycles. The summed E-state index contributed by atoms with van der Waals surface area (Å²) in [7, 11) is 0. The molecule has 25 heavy (non-hydrogen) atoms.